The number of carbonyl (C=O) groups excluding carboxylic acids is 1. The number of ether oxygens (including phenoxy) is 1. The van der Waals surface area contributed by atoms with Gasteiger partial charge in [-0.1, -0.05) is 61.4 Å². The first kappa shape index (κ1) is 19.4. The van der Waals surface area contributed by atoms with Crippen LogP contribution in [0.5, 0.6) is 0 Å². The van der Waals surface area contributed by atoms with Crippen molar-refractivity contribution in [3.8, 4) is 11.1 Å². The Morgan fingerprint density at radius 3 is 2.26 bits per heavy atom. The lowest BCUT2D eigenvalue weighted by atomic mass is 9.98. The van der Waals surface area contributed by atoms with E-state index in [0.29, 0.717) is 0 Å². The van der Waals surface area contributed by atoms with E-state index in [9.17, 15) is 14.7 Å². The summed E-state index contributed by atoms with van der Waals surface area (Å²) >= 11 is 0. The number of carbonyl (C=O) groups is 2. The predicted molar refractivity (Wildman–Crippen MR) is 115 cm³/mol. The molecular weight excluding hydrogens is 394 g/mol. The van der Waals surface area contributed by atoms with Gasteiger partial charge in [-0.15, -0.1) is 0 Å². The van der Waals surface area contributed by atoms with Gasteiger partial charge >= 0.3 is 12.1 Å². The van der Waals surface area contributed by atoms with Gasteiger partial charge in [0, 0.05) is 5.92 Å². The Balaban J connectivity index is 1.35. The molecule has 1 fully saturated rings. The predicted octanol–water partition coefficient (Wildman–Crippen LogP) is 5.06. The van der Waals surface area contributed by atoms with E-state index in [2.05, 4.69) is 34.7 Å². The fourth-order valence-corrected chi connectivity index (χ4v) is 4.80. The van der Waals surface area contributed by atoms with E-state index in [1.807, 2.05) is 24.3 Å². The standard InChI is InChI=1S/C24H23N3O4/c28-23(29)20-13-25-27(15-7-1-2-8-15)22(20)26-24(30)31-14-21-18-11-5-3-9-16(18)17-10-4-6-12-19(17)21/h3-6,9-13,15,21H,1-2,7-8,14H2,(H,26,30)(H,28,29). The second-order valence-corrected chi connectivity index (χ2v) is 8.05. The molecule has 2 aliphatic rings. The Hall–Kier alpha value is -3.61. The summed E-state index contributed by atoms with van der Waals surface area (Å²) in [4.78, 5) is 24.3. The number of carboxylic acids is 1. The van der Waals surface area contributed by atoms with Crippen LogP contribution in [0.25, 0.3) is 11.1 Å². The summed E-state index contributed by atoms with van der Waals surface area (Å²) < 4.78 is 7.20. The van der Waals surface area contributed by atoms with E-state index in [1.54, 1.807) is 4.68 Å². The summed E-state index contributed by atoms with van der Waals surface area (Å²) in [5, 5.41) is 16.4. The first-order valence-corrected chi connectivity index (χ1v) is 10.6. The van der Waals surface area contributed by atoms with E-state index in [4.69, 9.17) is 4.74 Å². The number of carboxylic acid groups (broad SMARTS) is 1. The van der Waals surface area contributed by atoms with Crippen LogP contribution in [0.2, 0.25) is 0 Å². The van der Waals surface area contributed by atoms with E-state index in [-0.39, 0.29) is 29.9 Å². The molecule has 1 saturated carbocycles. The molecule has 1 aromatic heterocycles. The quantitative estimate of drug-likeness (QED) is 0.605. The van der Waals surface area contributed by atoms with Crippen molar-refractivity contribution < 1.29 is 19.4 Å². The van der Waals surface area contributed by atoms with Gasteiger partial charge in [0.25, 0.3) is 0 Å². The van der Waals surface area contributed by atoms with Crippen LogP contribution in [-0.2, 0) is 4.74 Å². The molecule has 0 spiro atoms. The van der Waals surface area contributed by atoms with Crippen LogP contribution in [0.15, 0.2) is 54.7 Å². The lowest BCUT2D eigenvalue weighted by molar-refractivity contribution is 0.0698. The first-order valence-electron chi connectivity index (χ1n) is 10.6. The van der Waals surface area contributed by atoms with Gasteiger partial charge in [0.1, 0.15) is 18.0 Å². The van der Waals surface area contributed by atoms with Crippen LogP contribution in [-0.4, -0.2) is 33.6 Å². The molecule has 158 valence electrons. The third-order valence-corrected chi connectivity index (χ3v) is 6.26. The lowest BCUT2D eigenvalue weighted by Gasteiger charge is -2.17. The molecule has 0 aliphatic heterocycles. The summed E-state index contributed by atoms with van der Waals surface area (Å²) in [6, 6.07) is 16.3. The maximum atomic E-state index is 12.7. The van der Waals surface area contributed by atoms with Crippen molar-refractivity contribution in [3.63, 3.8) is 0 Å². The van der Waals surface area contributed by atoms with Gasteiger partial charge in [0.05, 0.1) is 12.2 Å². The van der Waals surface area contributed by atoms with Gasteiger partial charge < -0.3 is 9.84 Å². The smallest absolute Gasteiger partial charge is 0.412 e. The largest absolute Gasteiger partial charge is 0.477 e. The topological polar surface area (TPSA) is 93.5 Å². The summed E-state index contributed by atoms with van der Waals surface area (Å²) in [6.45, 7) is 0.166. The molecule has 0 radical (unpaired) electrons. The van der Waals surface area contributed by atoms with Gasteiger partial charge in [-0.25, -0.2) is 14.3 Å². The number of nitrogens with zero attached hydrogens (tertiary/aromatic N) is 2. The number of benzene rings is 2. The molecule has 5 rings (SSSR count). The fraction of sp³-hybridized carbons (Fsp3) is 0.292. The highest BCUT2D eigenvalue weighted by atomic mass is 16.5. The molecule has 0 atom stereocenters. The first-order chi connectivity index (χ1) is 15.1. The van der Waals surface area contributed by atoms with Crippen LogP contribution in [0.3, 0.4) is 0 Å². The Bertz CT molecular complexity index is 1100. The second kappa shape index (κ2) is 7.91. The Labute approximate surface area is 179 Å². The fourth-order valence-electron chi connectivity index (χ4n) is 4.80. The van der Waals surface area contributed by atoms with Crippen molar-refractivity contribution in [2.45, 2.75) is 37.6 Å². The Morgan fingerprint density at radius 2 is 1.65 bits per heavy atom. The minimum Gasteiger partial charge on any atom is -0.477 e. The van der Waals surface area contributed by atoms with E-state index >= 15 is 0 Å². The van der Waals surface area contributed by atoms with Crippen LogP contribution in [0, 0.1) is 0 Å². The third-order valence-electron chi connectivity index (χ3n) is 6.26. The molecule has 1 amide bonds. The summed E-state index contributed by atoms with van der Waals surface area (Å²) in [5.74, 6) is -0.994. The average molecular weight is 417 g/mol. The molecule has 0 saturated heterocycles. The average Bonchev–Trinajstić information content (AvgIpc) is 3.50. The zero-order valence-corrected chi connectivity index (χ0v) is 17.0. The van der Waals surface area contributed by atoms with Crippen LogP contribution in [0.4, 0.5) is 10.6 Å². The van der Waals surface area contributed by atoms with E-state index in [0.717, 1.165) is 47.9 Å². The van der Waals surface area contributed by atoms with Crippen molar-refractivity contribution in [1.82, 2.24) is 9.78 Å². The van der Waals surface area contributed by atoms with Crippen molar-refractivity contribution >= 4 is 17.9 Å². The number of aromatic nitrogens is 2. The molecule has 7 nitrogen and oxygen atoms in total. The van der Waals surface area contributed by atoms with Crippen molar-refractivity contribution in [2.75, 3.05) is 11.9 Å². The molecule has 2 aromatic carbocycles. The summed E-state index contributed by atoms with van der Waals surface area (Å²) in [6.07, 6.45) is 4.58. The maximum Gasteiger partial charge on any atom is 0.412 e. The minimum atomic E-state index is -1.13. The van der Waals surface area contributed by atoms with Gasteiger partial charge in [-0.2, -0.15) is 5.10 Å². The molecule has 0 unspecified atom stereocenters. The highest BCUT2D eigenvalue weighted by Crippen LogP contribution is 2.44. The summed E-state index contributed by atoms with van der Waals surface area (Å²) in [5.41, 5.74) is 4.53. The molecule has 0 bridgehead atoms. The van der Waals surface area contributed by atoms with Crippen LogP contribution < -0.4 is 5.32 Å². The van der Waals surface area contributed by atoms with Crippen LogP contribution >= 0.6 is 0 Å². The number of anilines is 1. The Morgan fingerprint density at radius 1 is 1.03 bits per heavy atom. The SMILES string of the molecule is O=C(Nc1c(C(=O)O)cnn1C1CCCC1)OCC1c2ccccc2-c2ccccc21. The molecular formula is C24H23N3O4. The van der Waals surface area contributed by atoms with Crippen LogP contribution in [0.1, 0.15) is 59.1 Å². The normalized spacial score (nSPS) is 15.5. The zero-order valence-electron chi connectivity index (χ0n) is 17.0. The zero-order chi connectivity index (χ0) is 21.4. The minimum absolute atomic E-state index is 0.0274. The molecule has 1 heterocycles. The number of aromatic carboxylic acids is 1. The molecule has 2 N–H and O–H groups in total. The highest BCUT2D eigenvalue weighted by molar-refractivity contribution is 5.97. The van der Waals surface area contributed by atoms with Gasteiger partial charge in [0.2, 0.25) is 0 Å². The number of rotatable bonds is 5. The Kier molecular flexibility index (Phi) is 4.94. The monoisotopic (exact) mass is 417 g/mol. The molecule has 31 heavy (non-hydrogen) atoms. The number of hydrogen-bond donors (Lipinski definition) is 2. The number of amides is 1. The van der Waals surface area contributed by atoms with E-state index in [1.165, 1.54) is 6.20 Å². The van der Waals surface area contributed by atoms with Gasteiger partial charge in [0.15, 0.2) is 0 Å². The lowest BCUT2D eigenvalue weighted by Crippen LogP contribution is -2.22. The third kappa shape index (κ3) is 3.46. The van der Waals surface area contributed by atoms with E-state index < -0.39 is 12.1 Å². The summed E-state index contributed by atoms with van der Waals surface area (Å²) in [7, 11) is 0. The molecule has 3 aromatic rings. The maximum absolute atomic E-state index is 12.7. The number of hydrogen-bond acceptors (Lipinski definition) is 4. The molecule has 2 aliphatic carbocycles. The molecule has 7 heteroatoms. The number of fused-ring (bicyclic) bond motifs is 3. The van der Waals surface area contributed by atoms with Gasteiger partial charge in [-0.05, 0) is 35.1 Å². The number of nitrogens with one attached hydrogen (secondary N) is 1. The van der Waals surface area contributed by atoms with Gasteiger partial charge in [-0.3, -0.25) is 5.32 Å². The van der Waals surface area contributed by atoms with Crippen molar-refractivity contribution in [1.29, 1.82) is 0 Å². The van der Waals surface area contributed by atoms with Crippen molar-refractivity contribution in [2.24, 2.45) is 0 Å². The highest BCUT2D eigenvalue weighted by Gasteiger charge is 2.30. The van der Waals surface area contributed by atoms with Crippen molar-refractivity contribution in [3.05, 3.63) is 71.4 Å². The second-order valence-electron chi connectivity index (χ2n) is 8.05.